The molecular weight excluding hydrogens is 460 g/mol. The molecule has 5 nitrogen and oxygen atoms in total. The summed E-state index contributed by atoms with van der Waals surface area (Å²) in [6.45, 7) is 2.60. The highest BCUT2D eigenvalue weighted by atomic mass is 19.1. The number of halogens is 4. The van der Waals surface area contributed by atoms with Crippen LogP contribution in [0.5, 0.6) is 5.88 Å². The van der Waals surface area contributed by atoms with E-state index in [1.807, 2.05) is 36.1 Å². The molecular formula is C26H30F4N4O. The van der Waals surface area contributed by atoms with E-state index < -0.39 is 30.0 Å². The second-order valence-corrected chi connectivity index (χ2v) is 9.62. The van der Waals surface area contributed by atoms with E-state index in [1.54, 1.807) is 0 Å². The van der Waals surface area contributed by atoms with E-state index in [0.717, 1.165) is 22.7 Å². The molecule has 2 atom stereocenters. The lowest BCUT2D eigenvalue weighted by atomic mass is 9.88. The molecule has 3 heterocycles. The summed E-state index contributed by atoms with van der Waals surface area (Å²) in [5.41, 5.74) is 1.03. The van der Waals surface area contributed by atoms with Gasteiger partial charge in [0.25, 0.3) is 5.88 Å². The van der Waals surface area contributed by atoms with Crippen LogP contribution in [0.2, 0.25) is 0 Å². The second kappa shape index (κ2) is 9.78. The monoisotopic (exact) mass is 490 g/mol. The Bertz CT molecular complexity index is 1200. The van der Waals surface area contributed by atoms with Crippen molar-refractivity contribution < 1.29 is 22.3 Å². The zero-order valence-corrected chi connectivity index (χ0v) is 19.7. The number of fused-ring (bicyclic) bond motifs is 3. The highest BCUT2D eigenvalue weighted by Crippen LogP contribution is 2.47. The molecule has 1 saturated carbocycles. The molecule has 0 spiro atoms. The lowest BCUT2D eigenvalue weighted by Crippen LogP contribution is -2.46. The van der Waals surface area contributed by atoms with Crippen molar-refractivity contribution in [3.05, 3.63) is 58.9 Å². The second-order valence-electron chi connectivity index (χ2n) is 9.62. The molecule has 0 saturated heterocycles. The Kier molecular flexibility index (Phi) is 6.72. The van der Waals surface area contributed by atoms with Crippen LogP contribution in [0.15, 0.2) is 30.5 Å². The number of alkyl halides is 2. The summed E-state index contributed by atoms with van der Waals surface area (Å²) in [6, 6.07) is 6.79. The molecule has 1 aromatic carbocycles. The van der Waals surface area contributed by atoms with Gasteiger partial charge in [0.05, 0.1) is 24.5 Å². The minimum Gasteiger partial charge on any atom is -0.474 e. The molecule has 9 heteroatoms. The molecule has 1 fully saturated rings. The molecule has 1 unspecified atom stereocenters. The lowest BCUT2D eigenvalue weighted by molar-refractivity contribution is 0.0929. The summed E-state index contributed by atoms with van der Waals surface area (Å²) < 4.78 is 63.8. The van der Waals surface area contributed by atoms with Gasteiger partial charge in [0, 0.05) is 35.7 Å². The Balaban J connectivity index is 1.52. The van der Waals surface area contributed by atoms with Gasteiger partial charge in [-0.2, -0.15) is 0 Å². The van der Waals surface area contributed by atoms with Crippen molar-refractivity contribution in [2.75, 3.05) is 32.9 Å². The zero-order chi connectivity index (χ0) is 24.6. The largest absolute Gasteiger partial charge is 0.474 e. The van der Waals surface area contributed by atoms with Crippen molar-refractivity contribution >= 4 is 10.9 Å². The Hall–Kier alpha value is -2.65. The van der Waals surface area contributed by atoms with E-state index in [1.165, 1.54) is 0 Å². The Morgan fingerprint density at radius 1 is 1.23 bits per heavy atom. The highest BCUT2D eigenvalue weighted by Gasteiger charge is 2.49. The third-order valence-electron chi connectivity index (χ3n) is 7.03. The van der Waals surface area contributed by atoms with Gasteiger partial charge in [0.2, 0.25) is 0 Å². The third-order valence-corrected chi connectivity index (χ3v) is 7.03. The topological polar surface area (TPSA) is 53.2 Å². The van der Waals surface area contributed by atoms with Gasteiger partial charge in [-0.15, -0.1) is 0 Å². The van der Waals surface area contributed by atoms with Gasteiger partial charge in [0.1, 0.15) is 18.1 Å². The fourth-order valence-corrected chi connectivity index (χ4v) is 5.03. The summed E-state index contributed by atoms with van der Waals surface area (Å²) in [6.07, 6.45) is 2.90. The molecule has 2 N–H and O–H groups in total. The molecule has 2 aromatic heterocycles. The average Bonchev–Trinajstić information content (AvgIpc) is 3.46. The number of para-hydroxylation sites is 1. The van der Waals surface area contributed by atoms with Crippen LogP contribution in [0.25, 0.3) is 10.9 Å². The minimum absolute atomic E-state index is 0.0945. The highest BCUT2D eigenvalue weighted by molar-refractivity contribution is 5.85. The van der Waals surface area contributed by atoms with Crippen molar-refractivity contribution in [2.24, 2.45) is 0 Å². The number of nitrogens with zero attached hydrogens (tertiary/aromatic N) is 2. The number of aromatic amines is 1. The van der Waals surface area contributed by atoms with Crippen molar-refractivity contribution in [2.45, 2.75) is 50.4 Å². The van der Waals surface area contributed by atoms with Gasteiger partial charge in [-0.3, -0.25) is 9.29 Å². The smallest absolute Gasteiger partial charge is 0.250 e. The fraction of sp³-hybridized carbons (Fsp3) is 0.500. The fourth-order valence-electron chi connectivity index (χ4n) is 5.03. The van der Waals surface area contributed by atoms with Crippen LogP contribution < -0.4 is 10.1 Å². The van der Waals surface area contributed by atoms with Crippen LogP contribution in [-0.2, 0) is 6.42 Å². The van der Waals surface area contributed by atoms with Gasteiger partial charge >= 0.3 is 0 Å². The van der Waals surface area contributed by atoms with Crippen molar-refractivity contribution in [1.29, 1.82) is 0 Å². The van der Waals surface area contributed by atoms with Gasteiger partial charge in [0.15, 0.2) is 5.82 Å². The van der Waals surface area contributed by atoms with E-state index in [4.69, 9.17) is 4.74 Å². The molecule has 35 heavy (non-hydrogen) atoms. The van der Waals surface area contributed by atoms with E-state index in [9.17, 15) is 8.78 Å². The van der Waals surface area contributed by atoms with Crippen molar-refractivity contribution in [3.63, 3.8) is 0 Å². The molecule has 0 bridgehead atoms. The quantitative estimate of drug-likeness (QED) is 0.310. The van der Waals surface area contributed by atoms with Gasteiger partial charge < -0.3 is 15.0 Å². The zero-order valence-electron chi connectivity index (χ0n) is 19.7. The number of benzene rings is 1. The van der Waals surface area contributed by atoms with Crippen LogP contribution in [-0.4, -0.2) is 59.5 Å². The Morgan fingerprint density at radius 2 is 2.03 bits per heavy atom. The predicted octanol–water partition coefficient (Wildman–Crippen LogP) is 5.01. The lowest BCUT2D eigenvalue weighted by Gasteiger charge is -2.41. The number of hydrogen-bond donors (Lipinski definition) is 2. The number of aromatic nitrogens is 2. The Morgan fingerprint density at radius 3 is 2.80 bits per heavy atom. The maximum absolute atomic E-state index is 15.8. The number of ether oxygens (including phenoxy) is 1. The predicted molar refractivity (Wildman–Crippen MR) is 126 cm³/mol. The van der Waals surface area contributed by atoms with Crippen LogP contribution in [0.1, 0.15) is 49.0 Å². The number of hydrogen-bond acceptors (Lipinski definition) is 4. The number of rotatable bonds is 10. The number of H-pyrrole nitrogens is 1. The molecule has 5 rings (SSSR count). The number of nitrogens with one attached hydrogen (secondary N) is 2. The first kappa shape index (κ1) is 24.1. The van der Waals surface area contributed by atoms with E-state index in [2.05, 4.69) is 15.3 Å². The van der Waals surface area contributed by atoms with Crippen molar-refractivity contribution in [1.82, 2.24) is 20.2 Å². The van der Waals surface area contributed by atoms with Crippen LogP contribution in [0.3, 0.4) is 0 Å². The molecule has 0 amide bonds. The first-order valence-corrected chi connectivity index (χ1v) is 12.2. The number of pyridine rings is 1. The molecule has 1 aliphatic carbocycles. The third kappa shape index (κ3) is 4.76. The standard InChI is InChI=1S/C26H30F4N4O/c1-16-13-18-17-5-2-3-6-20(17)33-23(18)24(34(16)15-26(30)7-8-26)21-19(28)14-32-25(22(21)29)35-12-11-31-10-4-9-27/h2-3,5-6,14,16,24,31,33H,4,7-13,15H2,1H3/t16-,24?/m1/s1. The first-order chi connectivity index (χ1) is 16.9. The van der Waals surface area contributed by atoms with Crippen LogP contribution in [0.4, 0.5) is 17.6 Å². The average molecular weight is 491 g/mol. The summed E-state index contributed by atoms with van der Waals surface area (Å²) in [4.78, 5) is 9.07. The maximum Gasteiger partial charge on any atom is 0.250 e. The van der Waals surface area contributed by atoms with E-state index in [-0.39, 0.29) is 30.6 Å². The normalized spacial score (nSPS) is 21.3. The van der Waals surface area contributed by atoms with Gasteiger partial charge in [-0.1, -0.05) is 18.2 Å². The minimum atomic E-state index is -1.33. The summed E-state index contributed by atoms with van der Waals surface area (Å²) in [5.74, 6) is -1.98. The molecule has 3 aromatic rings. The molecule has 1 aliphatic heterocycles. The molecule has 0 radical (unpaired) electrons. The Labute approximate surface area is 201 Å². The SMILES string of the molecule is C[C@@H]1Cc2c([nH]c3ccccc23)C(c2c(F)cnc(OCCNCCCF)c2F)N1CC1(F)CC1. The molecule has 2 aliphatic rings. The van der Waals surface area contributed by atoms with Crippen LogP contribution in [0, 0.1) is 11.6 Å². The summed E-state index contributed by atoms with van der Waals surface area (Å²) in [5, 5.41) is 4.00. The summed E-state index contributed by atoms with van der Waals surface area (Å²) in [7, 11) is 0. The van der Waals surface area contributed by atoms with Crippen LogP contribution >= 0.6 is 0 Å². The van der Waals surface area contributed by atoms with E-state index in [0.29, 0.717) is 44.5 Å². The van der Waals surface area contributed by atoms with Gasteiger partial charge in [-0.25, -0.2) is 18.2 Å². The summed E-state index contributed by atoms with van der Waals surface area (Å²) >= 11 is 0. The maximum atomic E-state index is 15.8. The van der Waals surface area contributed by atoms with Gasteiger partial charge in [-0.05, 0) is 50.8 Å². The van der Waals surface area contributed by atoms with Crippen molar-refractivity contribution in [3.8, 4) is 5.88 Å². The molecule has 188 valence electrons. The first-order valence-electron chi connectivity index (χ1n) is 12.2. The van der Waals surface area contributed by atoms with E-state index >= 15 is 8.78 Å².